The van der Waals surface area contributed by atoms with Gasteiger partial charge in [0.1, 0.15) is 0 Å². The molecule has 0 aromatic carbocycles. The van der Waals surface area contributed by atoms with Crippen LogP contribution in [0, 0.1) is 93.0 Å². The minimum atomic E-state index is -0.261. The van der Waals surface area contributed by atoms with E-state index in [-0.39, 0.29) is 7.92 Å². The fourth-order valence-electron chi connectivity index (χ4n) is 2.59. The van der Waals surface area contributed by atoms with Crippen LogP contribution in [0.5, 0.6) is 0 Å². The van der Waals surface area contributed by atoms with Gasteiger partial charge in [0.15, 0.2) is 0 Å². The predicted octanol–water partition coefficient (Wildman–Crippen LogP) is 3.31. The highest BCUT2D eigenvalue weighted by Gasteiger charge is 2.57. The summed E-state index contributed by atoms with van der Waals surface area (Å²) in [5.41, 5.74) is 4.55. The van der Waals surface area contributed by atoms with E-state index < -0.39 is 0 Å². The highest BCUT2D eigenvalue weighted by atomic mass is 31.1. The van der Waals surface area contributed by atoms with Crippen molar-refractivity contribution in [1.29, 1.82) is 0 Å². The molecular formula is C15H10P. The highest BCUT2D eigenvalue weighted by molar-refractivity contribution is 7.69. The third-order valence-electron chi connectivity index (χ3n) is 3.26. The summed E-state index contributed by atoms with van der Waals surface area (Å²) in [5, 5.41) is 0. The van der Waals surface area contributed by atoms with Crippen molar-refractivity contribution in [3.05, 3.63) is 93.0 Å². The zero-order valence-electron chi connectivity index (χ0n) is 8.72. The average Bonchev–Trinajstić information content (AvgIpc) is 3.00. The van der Waals surface area contributed by atoms with Crippen molar-refractivity contribution in [2.45, 2.75) is 0 Å². The van der Waals surface area contributed by atoms with Crippen LogP contribution in [0.15, 0.2) is 0 Å². The molecule has 4 aliphatic rings. The SMILES string of the molecule is [CH]1[CH][CH][C](P2[C]3[CH][CH][CH][C]3[C]3[CH][CH][CH][C]32)[CH]1. The van der Waals surface area contributed by atoms with Crippen LogP contribution in [-0.2, 0) is 0 Å². The molecule has 75 valence electrons. The summed E-state index contributed by atoms with van der Waals surface area (Å²) >= 11 is 0. The molecule has 1 aliphatic heterocycles. The van der Waals surface area contributed by atoms with Gasteiger partial charge in [-0.3, -0.25) is 0 Å². The first kappa shape index (κ1) is 10.4. The number of hydrogen-bond donors (Lipinski definition) is 0. The second-order valence-corrected chi connectivity index (χ2v) is 6.28. The van der Waals surface area contributed by atoms with Crippen LogP contribution in [0.3, 0.4) is 0 Å². The van der Waals surface area contributed by atoms with Crippen LogP contribution in [-0.4, -0.2) is 0 Å². The first-order valence-electron chi connectivity index (χ1n) is 5.49. The van der Waals surface area contributed by atoms with Crippen molar-refractivity contribution < 1.29 is 0 Å². The average molecular weight is 221 g/mol. The topological polar surface area (TPSA) is 0 Å². The van der Waals surface area contributed by atoms with E-state index >= 15 is 0 Å². The van der Waals surface area contributed by atoms with Gasteiger partial charge in [-0.2, -0.15) is 0 Å². The minimum Gasteiger partial charge on any atom is -0.0823 e. The molecule has 0 bridgehead atoms. The molecule has 4 fully saturated rings. The normalized spacial score (nSPS) is 35.2. The van der Waals surface area contributed by atoms with Crippen molar-refractivity contribution >= 4 is 7.92 Å². The highest BCUT2D eigenvalue weighted by Crippen LogP contribution is 2.82. The van der Waals surface area contributed by atoms with Gasteiger partial charge in [0.05, 0.1) is 0 Å². The molecule has 4 rings (SSSR count). The van der Waals surface area contributed by atoms with Crippen LogP contribution in [0.25, 0.3) is 0 Å². The number of fused-ring (bicyclic) bond motifs is 3. The molecule has 0 aromatic rings. The molecular weight excluding hydrogens is 211 g/mol. The van der Waals surface area contributed by atoms with Crippen molar-refractivity contribution in [2.75, 3.05) is 0 Å². The van der Waals surface area contributed by atoms with E-state index in [1.807, 2.05) is 0 Å². The third kappa shape index (κ3) is 1.38. The van der Waals surface area contributed by atoms with E-state index in [1.54, 1.807) is 0 Å². The molecule has 0 N–H and O–H groups in total. The van der Waals surface area contributed by atoms with Gasteiger partial charge < -0.3 is 0 Å². The van der Waals surface area contributed by atoms with Crippen LogP contribution in [0.2, 0.25) is 0 Å². The van der Waals surface area contributed by atoms with Crippen LogP contribution >= 0.6 is 7.92 Å². The Morgan fingerprint density at radius 3 is 1.69 bits per heavy atom. The second kappa shape index (κ2) is 3.98. The third-order valence-corrected chi connectivity index (χ3v) is 5.82. The van der Waals surface area contributed by atoms with Crippen molar-refractivity contribution in [3.8, 4) is 0 Å². The van der Waals surface area contributed by atoms with Crippen molar-refractivity contribution in [3.63, 3.8) is 0 Å². The minimum absolute atomic E-state index is 0.261. The summed E-state index contributed by atoms with van der Waals surface area (Å²) in [6.45, 7) is 0. The second-order valence-electron chi connectivity index (χ2n) is 4.13. The summed E-state index contributed by atoms with van der Waals surface area (Å²) in [7, 11) is -0.261. The van der Waals surface area contributed by atoms with E-state index in [1.165, 1.54) is 28.8 Å². The summed E-state index contributed by atoms with van der Waals surface area (Å²) in [6.07, 6.45) is 22.2. The van der Waals surface area contributed by atoms with Crippen LogP contribution in [0.4, 0.5) is 0 Å². The first-order valence-corrected chi connectivity index (χ1v) is 6.83. The smallest absolute Gasteiger partial charge is 0.0127 e. The molecule has 1 heterocycles. The van der Waals surface area contributed by atoms with E-state index in [0.29, 0.717) is 0 Å². The zero-order valence-corrected chi connectivity index (χ0v) is 9.62. The molecule has 0 atom stereocenters. The summed E-state index contributed by atoms with van der Waals surface area (Å²) in [4.78, 5) is 0. The molecule has 1 heteroatoms. The van der Waals surface area contributed by atoms with Gasteiger partial charge in [0.2, 0.25) is 0 Å². The van der Waals surface area contributed by atoms with Crippen LogP contribution in [0.1, 0.15) is 0 Å². The van der Waals surface area contributed by atoms with E-state index in [0.717, 1.165) is 0 Å². The quantitative estimate of drug-likeness (QED) is 0.596. The lowest BCUT2D eigenvalue weighted by Gasteiger charge is -2.28. The molecule has 0 aromatic heterocycles. The van der Waals surface area contributed by atoms with E-state index in [2.05, 4.69) is 64.2 Å². The Morgan fingerprint density at radius 1 is 0.562 bits per heavy atom. The van der Waals surface area contributed by atoms with Gasteiger partial charge in [-0.25, -0.2) is 0 Å². The Balaban J connectivity index is 1.63. The Hall–Kier alpha value is 0.430. The summed E-state index contributed by atoms with van der Waals surface area (Å²) < 4.78 is 0. The molecule has 15 radical (unpaired) electrons. The molecule has 16 heavy (non-hydrogen) atoms. The van der Waals surface area contributed by atoms with Crippen LogP contribution < -0.4 is 0 Å². The van der Waals surface area contributed by atoms with Gasteiger partial charge >= 0.3 is 0 Å². The fraction of sp³-hybridized carbons (Fsp3) is 0. The Kier molecular flexibility index (Phi) is 2.57. The van der Waals surface area contributed by atoms with Gasteiger partial charge in [-0.1, -0.05) is 7.92 Å². The number of rotatable bonds is 1. The zero-order chi connectivity index (χ0) is 10.5. The lowest BCUT2D eigenvalue weighted by molar-refractivity contribution is 1.13. The Morgan fingerprint density at radius 2 is 1.12 bits per heavy atom. The molecule has 0 amide bonds. The Bertz CT molecular complexity index is 249. The molecule has 0 spiro atoms. The largest absolute Gasteiger partial charge is 0.0823 e. The van der Waals surface area contributed by atoms with E-state index in [9.17, 15) is 0 Å². The standard InChI is InChI=1S/C15H10P/c1-2-6-11(5-1)16-14-9-3-7-12(14)13-8-4-10-15(13)16/h1-10H. The maximum absolute atomic E-state index is 2.29. The lowest BCUT2D eigenvalue weighted by Crippen LogP contribution is -2.03. The molecule has 3 aliphatic carbocycles. The predicted molar refractivity (Wildman–Crippen MR) is 66.1 cm³/mol. The summed E-state index contributed by atoms with van der Waals surface area (Å²) in [5.74, 6) is 2.90. The number of hydrogen-bond acceptors (Lipinski definition) is 0. The molecule has 3 saturated carbocycles. The van der Waals surface area contributed by atoms with Gasteiger partial charge in [-0.05, 0) is 76.0 Å². The summed E-state index contributed by atoms with van der Waals surface area (Å²) in [6, 6.07) is 0. The first-order chi connectivity index (χ1) is 7.95. The van der Waals surface area contributed by atoms with Gasteiger partial charge in [0, 0.05) is 17.0 Å². The van der Waals surface area contributed by atoms with Gasteiger partial charge in [-0.15, -0.1) is 0 Å². The van der Waals surface area contributed by atoms with Crippen molar-refractivity contribution in [2.24, 2.45) is 0 Å². The van der Waals surface area contributed by atoms with Gasteiger partial charge in [0.25, 0.3) is 0 Å². The maximum atomic E-state index is 2.29. The lowest BCUT2D eigenvalue weighted by atomic mass is 9.90. The molecule has 0 unspecified atom stereocenters. The monoisotopic (exact) mass is 221 g/mol. The van der Waals surface area contributed by atoms with Crippen molar-refractivity contribution in [1.82, 2.24) is 0 Å². The fourth-order valence-corrected chi connectivity index (χ4v) is 5.22. The molecule has 0 nitrogen and oxygen atoms in total. The Labute approximate surface area is 101 Å². The maximum Gasteiger partial charge on any atom is 0.0127 e. The van der Waals surface area contributed by atoms with E-state index in [4.69, 9.17) is 0 Å². The molecule has 1 saturated heterocycles.